The Balaban J connectivity index is 1.81. The molecule has 27 heavy (non-hydrogen) atoms. The highest BCUT2D eigenvalue weighted by Crippen LogP contribution is 2.36. The monoisotopic (exact) mass is 374 g/mol. The number of carbonyl (C=O) groups is 1. The summed E-state index contributed by atoms with van der Waals surface area (Å²) in [5.74, 6) is 0.313. The molecule has 0 unspecified atom stereocenters. The molecule has 0 radical (unpaired) electrons. The van der Waals surface area contributed by atoms with Crippen LogP contribution in [0.15, 0.2) is 18.3 Å². The molecule has 0 atom stereocenters. The summed E-state index contributed by atoms with van der Waals surface area (Å²) in [5.41, 5.74) is 2.27. The predicted molar refractivity (Wildman–Crippen MR) is 107 cm³/mol. The van der Waals surface area contributed by atoms with Gasteiger partial charge in [-0.2, -0.15) is 0 Å². The predicted octanol–water partition coefficient (Wildman–Crippen LogP) is 5.56. The van der Waals surface area contributed by atoms with Gasteiger partial charge in [0.25, 0.3) is 0 Å². The van der Waals surface area contributed by atoms with E-state index in [4.69, 9.17) is 4.74 Å². The van der Waals surface area contributed by atoms with Gasteiger partial charge >= 0.3 is 6.09 Å². The fourth-order valence-corrected chi connectivity index (χ4v) is 3.95. The maximum Gasteiger partial charge on any atom is 0.410 e. The molecule has 148 valence electrons. The molecule has 1 fully saturated rings. The van der Waals surface area contributed by atoms with Gasteiger partial charge in [-0.3, -0.25) is 0 Å². The summed E-state index contributed by atoms with van der Waals surface area (Å²) in [6.07, 6.45) is 3.27. The lowest BCUT2D eigenvalue weighted by Crippen LogP contribution is -2.41. The number of amides is 1. The van der Waals surface area contributed by atoms with E-state index in [2.05, 4.69) is 13.8 Å². The van der Waals surface area contributed by atoms with Gasteiger partial charge in [-0.15, -0.1) is 0 Å². The van der Waals surface area contributed by atoms with Crippen LogP contribution in [0.2, 0.25) is 0 Å². The summed E-state index contributed by atoms with van der Waals surface area (Å²) >= 11 is 0. The molecule has 1 saturated heterocycles. The fourth-order valence-electron chi connectivity index (χ4n) is 3.95. The third kappa shape index (κ3) is 3.97. The first-order chi connectivity index (χ1) is 12.6. The maximum atomic E-state index is 15.4. The van der Waals surface area contributed by atoms with Crippen molar-refractivity contribution in [1.29, 1.82) is 0 Å². The summed E-state index contributed by atoms with van der Waals surface area (Å²) in [7, 11) is 1.96. The Bertz CT molecular complexity index is 840. The number of aryl methyl sites for hydroxylation is 1. The first-order valence-electron chi connectivity index (χ1n) is 9.83. The molecule has 1 amide bonds. The molecule has 0 aliphatic carbocycles. The lowest BCUT2D eigenvalue weighted by Gasteiger charge is -2.33. The van der Waals surface area contributed by atoms with Crippen LogP contribution in [0.25, 0.3) is 10.9 Å². The number of carbonyl (C=O) groups excluding carboxylic acids is 1. The number of rotatable bonds is 2. The molecular formula is C22H31FN2O2. The van der Waals surface area contributed by atoms with Crippen LogP contribution in [0, 0.1) is 5.82 Å². The Labute approximate surface area is 161 Å². The van der Waals surface area contributed by atoms with E-state index in [0.29, 0.717) is 13.1 Å². The molecule has 2 aromatic rings. The molecule has 1 aliphatic rings. The lowest BCUT2D eigenvalue weighted by atomic mass is 9.87. The van der Waals surface area contributed by atoms with Crippen molar-refractivity contribution in [2.45, 2.75) is 64.9 Å². The third-order valence-electron chi connectivity index (χ3n) is 5.36. The Morgan fingerprint density at radius 3 is 2.41 bits per heavy atom. The third-order valence-corrected chi connectivity index (χ3v) is 5.36. The molecule has 0 N–H and O–H groups in total. The molecular weight excluding hydrogens is 343 g/mol. The lowest BCUT2D eigenvalue weighted by molar-refractivity contribution is 0.0204. The van der Waals surface area contributed by atoms with Crippen LogP contribution in [-0.2, 0) is 11.8 Å². The van der Waals surface area contributed by atoms with Crippen molar-refractivity contribution in [3.63, 3.8) is 0 Å². The number of hydrogen-bond acceptors (Lipinski definition) is 2. The fraction of sp³-hybridized carbons (Fsp3) is 0.591. The zero-order chi connectivity index (χ0) is 19.9. The number of fused-ring (bicyclic) bond motifs is 1. The first kappa shape index (κ1) is 19.7. The number of ether oxygens (including phenoxy) is 1. The smallest absolute Gasteiger partial charge is 0.410 e. The molecule has 1 aromatic heterocycles. The van der Waals surface area contributed by atoms with Gasteiger partial charge in [0.2, 0.25) is 0 Å². The summed E-state index contributed by atoms with van der Waals surface area (Å²) in [6, 6.07) is 3.95. The molecule has 1 aliphatic heterocycles. The molecule has 1 aromatic carbocycles. The average Bonchev–Trinajstić information content (AvgIpc) is 2.92. The van der Waals surface area contributed by atoms with Gasteiger partial charge in [0.05, 0.1) is 5.52 Å². The normalized spacial score (nSPS) is 16.4. The van der Waals surface area contributed by atoms with E-state index in [1.807, 2.05) is 50.7 Å². The van der Waals surface area contributed by atoms with E-state index >= 15 is 4.39 Å². The van der Waals surface area contributed by atoms with Gasteiger partial charge in [-0.1, -0.05) is 19.9 Å². The van der Waals surface area contributed by atoms with Crippen molar-refractivity contribution in [3.05, 3.63) is 35.3 Å². The molecule has 0 bridgehead atoms. The average molecular weight is 375 g/mol. The molecule has 0 spiro atoms. The first-order valence-corrected chi connectivity index (χ1v) is 9.83. The second kappa shape index (κ2) is 7.17. The summed E-state index contributed by atoms with van der Waals surface area (Å²) in [4.78, 5) is 14.0. The van der Waals surface area contributed by atoms with Crippen LogP contribution < -0.4 is 0 Å². The number of likely N-dealkylation sites (tertiary alicyclic amines) is 1. The van der Waals surface area contributed by atoms with Gasteiger partial charge in [-0.25, -0.2) is 9.18 Å². The second-order valence-electron chi connectivity index (χ2n) is 8.95. The van der Waals surface area contributed by atoms with Crippen LogP contribution >= 0.6 is 0 Å². The molecule has 4 nitrogen and oxygen atoms in total. The van der Waals surface area contributed by atoms with Crippen molar-refractivity contribution in [3.8, 4) is 0 Å². The standard InChI is InChI=1S/C22H31FN2O2/c1-14(2)17-13-24(6)18-8-7-16(20(23)19(17)18)15-9-11-25(12-10-15)21(26)27-22(3,4)5/h7-8,13-15H,9-12H2,1-6H3. The Morgan fingerprint density at radius 1 is 1.22 bits per heavy atom. The Morgan fingerprint density at radius 2 is 1.85 bits per heavy atom. The SMILES string of the molecule is CC(C)c1cn(C)c2ccc(C3CCN(C(=O)OC(C)(C)C)CC3)c(F)c12. The van der Waals surface area contributed by atoms with Crippen molar-refractivity contribution in [1.82, 2.24) is 9.47 Å². The van der Waals surface area contributed by atoms with Crippen LogP contribution in [0.3, 0.4) is 0 Å². The molecule has 0 saturated carbocycles. The molecule has 3 rings (SSSR count). The highest BCUT2D eigenvalue weighted by Gasteiger charge is 2.29. The minimum atomic E-state index is -0.494. The van der Waals surface area contributed by atoms with E-state index in [9.17, 15) is 4.79 Å². The van der Waals surface area contributed by atoms with E-state index < -0.39 is 5.60 Å². The second-order valence-corrected chi connectivity index (χ2v) is 8.95. The Hall–Kier alpha value is -2.04. The Kier molecular flexibility index (Phi) is 5.24. The van der Waals surface area contributed by atoms with Gasteiger partial charge in [0.1, 0.15) is 11.4 Å². The van der Waals surface area contributed by atoms with Gasteiger partial charge in [-0.05, 0) is 62.6 Å². The molecule has 2 heterocycles. The summed E-state index contributed by atoms with van der Waals surface area (Å²) < 4.78 is 22.9. The summed E-state index contributed by atoms with van der Waals surface area (Å²) in [5, 5.41) is 0.750. The van der Waals surface area contributed by atoms with Gasteiger partial charge in [0.15, 0.2) is 0 Å². The van der Waals surface area contributed by atoms with Crippen molar-refractivity contribution in [2.75, 3.05) is 13.1 Å². The highest BCUT2D eigenvalue weighted by atomic mass is 19.1. The van der Waals surface area contributed by atoms with Crippen LogP contribution in [0.4, 0.5) is 9.18 Å². The van der Waals surface area contributed by atoms with Crippen LogP contribution in [-0.4, -0.2) is 34.3 Å². The van der Waals surface area contributed by atoms with E-state index in [-0.39, 0.29) is 23.7 Å². The summed E-state index contributed by atoms with van der Waals surface area (Å²) in [6.45, 7) is 11.0. The minimum Gasteiger partial charge on any atom is -0.444 e. The highest BCUT2D eigenvalue weighted by molar-refractivity contribution is 5.86. The van der Waals surface area contributed by atoms with Crippen molar-refractivity contribution >= 4 is 17.0 Å². The van der Waals surface area contributed by atoms with Gasteiger partial charge in [0, 0.05) is 31.7 Å². The number of hydrogen-bond donors (Lipinski definition) is 0. The van der Waals surface area contributed by atoms with Gasteiger partial charge < -0.3 is 14.2 Å². The van der Waals surface area contributed by atoms with E-state index in [1.165, 1.54) is 0 Å². The van der Waals surface area contributed by atoms with Crippen LogP contribution in [0.5, 0.6) is 0 Å². The van der Waals surface area contributed by atoms with Crippen molar-refractivity contribution < 1.29 is 13.9 Å². The quantitative estimate of drug-likeness (QED) is 0.690. The number of piperidine rings is 1. The topological polar surface area (TPSA) is 34.5 Å². The van der Waals surface area contributed by atoms with Crippen molar-refractivity contribution in [2.24, 2.45) is 7.05 Å². The van der Waals surface area contributed by atoms with E-state index in [0.717, 1.165) is 34.9 Å². The maximum absolute atomic E-state index is 15.4. The number of aromatic nitrogens is 1. The number of halogens is 1. The van der Waals surface area contributed by atoms with Crippen LogP contribution in [0.1, 0.15) is 70.4 Å². The number of benzene rings is 1. The number of nitrogens with zero attached hydrogens (tertiary/aromatic N) is 2. The largest absolute Gasteiger partial charge is 0.444 e. The molecule has 5 heteroatoms. The minimum absolute atomic E-state index is 0.0903. The van der Waals surface area contributed by atoms with E-state index in [1.54, 1.807) is 4.90 Å². The zero-order valence-electron chi connectivity index (χ0n) is 17.3. The zero-order valence-corrected chi connectivity index (χ0v) is 17.3.